The monoisotopic (exact) mass is 486 g/mol. The van der Waals surface area contributed by atoms with Crippen LogP contribution in [-0.4, -0.2) is 41.7 Å². The molecule has 0 atom stereocenters. The molecule has 3 N–H and O–H groups in total. The first kappa shape index (κ1) is 24.9. The van der Waals surface area contributed by atoms with Gasteiger partial charge in [0.15, 0.2) is 0 Å². The number of nitrogens with two attached hydrogens (primary N) is 1. The van der Waals surface area contributed by atoms with Crippen LogP contribution >= 0.6 is 0 Å². The molecule has 34 heavy (non-hydrogen) atoms. The predicted octanol–water partition coefficient (Wildman–Crippen LogP) is 1.77. The zero-order chi connectivity index (χ0) is 25.4. The van der Waals surface area contributed by atoms with Gasteiger partial charge in [0, 0.05) is 29.0 Å². The Morgan fingerprint density at radius 3 is 2.29 bits per heavy atom. The summed E-state index contributed by atoms with van der Waals surface area (Å²) in [5.74, 6) is 5.10. The van der Waals surface area contributed by atoms with Gasteiger partial charge in [-0.05, 0) is 29.2 Å². The Balaban J connectivity index is 2.40. The molecule has 0 radical (unpaired) electrons. The second kappa shape index (κ2) is 8.92. The van der Waals surface area contributed by atoms with E-state index in [9.17, 15) is 22.8 Å². The summed E-state index contributed by atoms with van der Waals surface area (Å²) in [5, 5.41) is 0. The zero-order valence-electron chi connectivity index (χ0n) is 19.4. The van der Waals surface area contributed by atoms with Crippen LogP contribution in [0.2, 0.25) is 0 Å². The summed E-state index contributed by atoms with van der Waals surface area (Å²) in [6.07, 6.45) is 2.18. The molecule has 3 aromatic rings. The van der Waals surface area contributed by atoms with Crippen LogP contribution in [0.25, 0.3) is 16.8 Å². The van der Waals surface area contributed by atoms with Gasteiger partial charge in [-0.25, -0.2) is 19.1 Å². The average molecular weight is 487 g/mol. The summed E-state index contributed by atoms with van der Waals surface area (Å²) in [7, 11) is -2.52. The van der Waals surface area contributed by atoms with Crippen molar-refractivity contribution in [1.29, 1.82) is 0 Å². The first-order valence-electron chi connectivity index (χ1n) is 10.2. The fourth-order valence-corrected chi connectivity index (χ4v) is 3.92. The SMILES string of the molecule is COc1c(-c2ccccc2C(=O)N(N)S(C)(=O)=O)cc(-n2ccc(=O)[nH]c2=O)cc1C(C)(C)C. The highest BCUT2D eigenvalue weighted by Crippen LogP contribution is 2.42. The van der Waals surface area contributed by atoms with Gasteiger partial charge in [-0.15, -0.1) is 0 Å². The average Bonchev–Trinajstić information content (AvgIpc) is 2.76. The molecule has 0 spiro atoms. The van der Waals surface area contributed by atoms with E-state index < -0.39 is 32.6 Å². The molecule has 0 aliphatic heterocycles. The Bertz CT molecular complexity index is 1480. The molecule has 0 saturated carbocycles. The molecule has 0 fully saturated rings. The molecular formula is C23H26N4O6S. The second-order valence-corrected chi connectivity index (χ2v) is 10.6. The van der Waals surface area contributed by atoms with Gasteiger partial charge in [-0.1, -0.05) is 39.0 Å². The molecule has 0 unspecified atom stereocenters. The fourth-order valence-electron chi connectivity index (χ4n) is 3.52. The zero-order valence-corrected chi connectivity index (χ0v) is 20.3. The number of methoxy groups -OCH3 is 1. The molecule has 0 bridgehead atoms. The first-order valence-corrected chi connectivity index (χ1v) is 12.0. The number of rotatable bonds is 5. The van der Waals surface area contributed by atoms with Gasteiger partial charge < -0.3 is 4.74 Å². The van der Waals surface area contributed by atoms with E-state index in [1.54, 1.807) is 30.3 Å². The van der Waals surface area contributed by atoms with Gasteiger partial charge in [-0.3, -0.25) is 19.1 Å². The molecule has 3 rings (SSSR count). The molecule has 2 aromatic carbocycles. The summed E-state index contributed by atoms with van der Waals surface area (Å²) >= 11 is 0. The number of benzene rings is 2. The first-order chi connectivity index (χ1) is 15.8. The summed E-state index contributed by atoms with van der Waals surface area (Å²) in [6.45, 7) is 5.86. The maximum absolute atomic E-state index is 13.0. The second-order valence-electron chi connectivity index (χ2n) is 8.71. The topological polar surface area (TPSA) is 145 Å². The normalized spacial score (nSPS) is 11.8. The quantitative estimate of drug-likeness (QED) is 0.318. The Morgan fingerprint density at radius 1 is 1.09 bits per heavy atom. The van der Waals surface area contributed by atoms with E-state index in [-0.39, 0.29) is 9.98 Å². The van der Waals surface area contributed by atoms with E-state index in [4.69, 9.17) is 10.6 Å². The van der Waals surface area contributed by atoms with Crippen LogP contribution in [0.4, 0.5) is 0 Å². The van der Waals surface area contributed by atoms with Crippen molar-refractivity contribution in [2.75, 3.05) is 13.4 Å². The van der Waals surface area contributed by atoms with Gasteiger partial charge in [0.2, 0.25) is 10.0 Å². The Morgan fingerprint density at radius 2 is 1.74 bits per heavy atom. The summed E-state index contributed by atoms with van der Waals surface area (Å²) in [6, 6.07) is 11.0. The number of hydrogen-bond donors (Lipinski definition) is 2. The van der Waals surface area contributed by atoms with Crippen molar-refractivity contribution in [3.05, 3.63) is 80.6 Å². The summed E-state index contributed by atoms with van der Waals surface area (Å²) < 4.78 is 31.0. The highest BCUT2D eigenvalue weighted by Gasteiger charge is 2.28. The van der Waals surface area contributed by atoms with Crippen LogP contribution in [0.3, 0.4) is 0 Å². The van der Waals surface area contributed by atoms with Crippen molar-refractivity contribution < 1.29 is 17.9 Å². The maximum atomic E-state index is 13.0. The van der Waals surface area contributed by atoms with Crippen LogP contribution in [0.5, 0.6) is 5.75 Å². The fraction of sp³-hybridized carbons (Fsp3) is 0.261. The summed E-state index contributed by atoms with van der Waals surface area (Å²) in [5.41, 5.74) is 0.325. The number of carbonyl (C=O) groups is 1. The van der Waals surface area contributed by atoms with Crippen LogP contribution in [0, 0.1) is 0 Å². The number of hydrazine groups is 1. The number of nitrogens with zero attached hydrogens (tertiary/aromatic N) is 2. The highest BCUT2D eigenvalue weighted by atomic mass is 32.2. The minimum Gasteiger partial charge on any atom is -0.496 e. The van der Waals surface area contributed by atoms with E-state index in [2.05, 4.69) is 4.98 Å². The molecule has 1 amide bonds. The minimum absolute atomic E-state index is 0.0274. The molecular weight excluding hydrogens is 460 g/mol. The molecule has 0 saturated heterocycles. The van der Waals surface area contributed by atoms with Crippen molar-refractivity contribution >= 4 is 15.9 Å². The lowest BCUT2D eigenvalue weighted by molar-refractivity contribution is 0.0863. The number of H-pyrrole nitrogens is 1. The van der Waals surface area contributed by atoms with Crippen LogP contribution in [0.15, 0.2) is 58.3 Å². The van der Waals surface area contributed by atoms with E-state index in [0.29, 0.717) is 22.6 Å². The summed E-state index contributed by atoms with van der Waals surface area (Å²) in [4.78, 5) is 39.3. The lowest BCUT2D eigenvalue weighted by Gasteiger charge is -2.26. The van der Waals surface area contributed by atoms with Crippen molar-refractivity contribution in [1.82, 2.24) is 14.0 Å². The molecule has 1 heterocycles. The van der Waals surface area contributed by atoms with Gasteiger partial charge in [0.25, 0.3) is 11.5 Å². The molecule has 1 aromatic heterocycles. The van der Waals surface area contributed by atoms with Crippen molar-refractivity contribution in [3.63, 3.8) is 0 Å². The number of amides is 1. The molecule has 0 aliphatic carbocycles. The van der Waals surface area contributed by atoms with Gasteiger partial charge in [0.05, 0.1) is 19.1 Å². The van der Waals surface area contributed by atoms with Crippen LogP contribution in [-0.2, 0) is 15.4 Å². The van der Waals surface area contributed by atoms with E-state index in [1.807, 2.05) is 20.8 Å². The van der Waals surface area contributed by atoms with E-state index in [1.165, 1.54) is 30.0 Å². The molecule has 10 nitrogen and oxygen atoms in total. The lowest BCUT2D eigenvalue weighted by atomic mass is 9.83. The maximum Gasteiger partial charge on any atom is 0.332 e. The number of nitrogens with one attached hydrogen (secondary N) is 1. The van der Waals surface area contributed by atoms with Gasteiger partial charge >= 0.3 is 5.69 Å². The molecule has 0 aliphatic rings. The molecule has 11 heteroatoms. The van der Waals surface area contributed by atoms with Crippen molar-refractivity contribution in [2.24, 2.45) is 5.84 Å². The third-order valence-corrected chi connectivity index (χ3v) is 6.07. The number of aromatic nitrogens is 2. The Kier molecular flexibility index (Phi) is 6.54. The van der Waals surface area contributed by atoms with Crippen molar-refractivity contribution in [3.8, 4) is 22.6 Å². The number of carbonyl (C=O) groups excluding carboxylic acids is 1. The van der Waals surface area contributed by atoms with E-state index in [0.717, 1.165) is 11.8 Å². The standard InChI is InChI=1S/C23H26N4O6S/c1-23(2,3)18-13-14(26-11-10-19(28)25-22(26)30)12-17(20(18)33-4)15-8-6-7-9-16(15)21(29)27(24)34(5,31)32/h6-13H,24H2,1-5H3,(H,25,28,30). The number of ether oxygens (including phenoxy) is 1. The number of aromatic amines is 1. The Hall–Kier alpha value is -3.70. The Labute approximate surface area is 196 Å². The van der Waals surface area contributed by atoms with Gasteiger partial charge in [0.1, 0.15) is 5.75 Å². The highest BCUT2D eigenvalue weighted by molar-refractivity contribution is 7.88. The largest absolute Gasteiger partial charge is 0.496 e. The third kappa shape index (κ3) is 4.80. The smallest absolute Gasteiger partial charge is 0.332 e. The predicted molar refractivity (Wildman–Crippen MR) is 129 cm³/mol. The van der Waals surface area contributed by atoms with Crippen LogP contribution < -0.4 is 21.8 Å². The van der Waals surface area contributed by atoms with Gasteiger partial charge in [-0.2, -0.15) is 4.41 Å². The van der Waals surface area contributed by atoms with Crippen molar-refractivity contribution in [2.45, 2.75) is 26.2 Å². The molecule has 180 valence electrons. The van der Waals surface area contributed by atoms with Crippen LogP contribution in [0.1, 0.15) is 36.7 Å². The third-order valence-electron chi connectivity index (χ3n) is 5.19. The number of hydrogen-bond acceptors (Lipinski definition) is 7. The van der Waals surface area contributed by atoms with E-state index >= 15 is 0 Å². The minimum atomic E-state index is -4.01. The number of sulfonamides is 1. The lowest BCUT2D eigenvalue weighted by Crippen LogP contribution is -2.42.